The summed E-state index contributed by atoms with van der Waals surface area (Å²) >= 11 is 1.25. The second kappa shape index (κ2) is 8.14. The van der Waals surface area contributed by atoms with Gasteiger partial charge in [0, 0.05) is 5.69 Å². The Bertz CT molecular complexity index is 803. The fraction of sp³-hybridized carbons (Fsp3) is 0.316. The van der Waals surface area contributed by atoms with E-state index in [0.717, 1.165) is 12.8 Å². The number of benzene rings is 1. The van der Waals surface area contributed by atoms with E-state index >= 15 is 0 Å². The summed E-state index contributed by atoms with van der Waals surface area (Å²) in [7, 11) is 0. The fourth-order valence-corrected chi connectivity index (χ4v) is 4.04. The Balaban J connectivity index is 1.71. The number of anilines is 2. The molecule has 3 N–H and O–H groups in total. The Morgan fingerprint density at radius 1 is 0.962 bits per heavy atom. The molecule has 2 amide bonds. The predicted octanol–water partition coefficient (Wildman–Crippen LogP) is 3.83. The van der Waals surface area contributed by atoms with Crippen molar-refractivity contribution in [2.24, 2.45) is 11.8 Å². The van der Waals surface area contributed by atoms with Gasteiger partial charge in [-0.15, -0.1) is 11.3 Å². The van der Waals surface area contributed by atoms with Crippen LogP contribution < -0.4 is 10.6 Å². The highest BCUT2D eigenvalue weighted by Crippen LogP contribution is 2.32. The number of aliphatic carboxylic acids is 1. The molecule has 1 heterocycles. The summed E-state index contributed by atoms with van der Waals surface area (Å²) in [6.45, 7) is 0. The number of rotatable bonds is 5. The van der Waals surface area contributed by atoms with Gasteiger partial charge in [0.2, 0.25) is 5.91 Å². The molecule has 7 heteroatoms. The molecule has 2 atom stereocenters. The first-order valence-electron chi connectivity index (χ1n) is 8.54. The topological polar surface area (TPSA) is 95.5 Å². The standard InChI is InChI=1S/C19H20N2O4S/c22-16(13-8-4-5-9-14(13)19(24)25)21-18-15(10-11-26-18)17(23)20-12-6-2-1-3-7-12/h1-3,6-7,10-11,13-14H,4-5,8-9H2,(H,20,23)(H,21,22)(H,24,25)/t13-,14-/m1/s1. The van der Waals surface area contributed by atoms with Crippen LogP contribution in [0, 0.1) is 11.8 Å². The number of thiophene rings is 1. The highest BCUT2D eigenvalue weighted by Gasteiger charge is 2.36. The third-order valence-electron chi connectivity index (χ3n) is 4.60. The lowest BCUT2D eigenvalue weighted by atomic mass is 9.79. The number of carboxylic acid groups (broad SMARTS) is 1. The van der Waals surface area contributed by atoms with E-state index in [9.17, 15) is 19.5 Å². The molecule has 6 nitrogen and oxygen atoms in total. The molecule has 0 saturated heterocycles. The van der Waals surface area contributed by atoms with Gasteiger partial charge in [-0.2, -0.15) is 0 Å². The highest BCUT2D eigenvalue weighted by atomic mass is 32.1. The van der Waals surface area contributed by atoms with Gasteiger partial charge < -0.3 is 15.7 Å². The number of nitrogens with one attached hydrogen (secondary N) is 2. The maximum atomic E-state index is 12.6. The lowest BCUT2D eigenvalue weighted by Gasteiger charge is -2.27. The quantitative estimate of drug-likeness (QED) is 0.743. The van der Waals surface area contributed by atoms with Crippen molar-refractivity contribution in [3.63, 3.8) is 0 Å². The lowest BCUT2D eigenvalue weighted by molar-refractivity contribution is -0.147. The zero-order valence-corrected chi connectivity index (χ0v) is 14.9. The van der Waals surface area contributed by atoms with Crippen molar-refractivity contribution in [1.29, 1.82) is 0 Å². The number of carbonyl (C=O) groups is 3. The first kappa shape index (κ1) is 18.1. The number of hydrogen-bond acceptors (Lipinski definition) is 4. The van der Waals surface area contributed by atoms with E-state index in [-0.39, 0.29) is 11.8 Å². The summed E-state index contributed by atoms with van der Waals surface area (Å²) in [5.74, 6) is -2.80. The Morgan fingerprint density at radius 2 is 1.65 bits per heavy atom. The molecule has 0 unspecified atom stereocenters. The first-order valence-corrected chi connectivity index (χ1v) is 9.42. The molecule has 0 radical (unpaired) electrons. The molecular weight excluding hydrogens is 352 g/mol. The number of hydrogen-bond donors (Lipinski definition) is 3. The average molecular weight is 372 g/mol. The van der Waals surface area contributed by atoms with Gasteiger partial charge in [0.1, 0.15) is 5.00 Å². The lowest BCUT2D eigenvalue weighted by Crippen LogP contribution is -2.36. The van der Waals surface area contributed by atoms with Crippen LogP contribution in [0.25, 0.3) is 0 Å². The first-order chi connectivity index (χ1) is 12.6. The fourth-order valence-electron chi connectivity index (χ4n) is 3.25. The van der Waals surface area contributed by atoms with Crippen LogP contribution >= 0.6 is 11.3 Å². The van der Waals surface area contributed by atoms with Gasteiger partial charge in [-0.05, 0) is 36.4 Å². The number of carbonyl (C=O) groups excluding carboxylic acids is 2. The van der Waals surface area contributed by atoms with Crippen LogP contribution in [0.15, 0.2) is 41.8 Å². The largest absolute Gasteiger partial charge is 0.481 e. The third kappa shape index (κ3) is 4.11. The van der Waals surface area contributed by atoms with Gasteiger partial charge in [0.05, 0.1) is 17.4 Å². The van der Waals surface area contributed by atoms with Crippen molar-refractivity contribution in [3.05, 3.63) is 47.3 Å². The summed E-state index contributed by atoms with van der Waals surface area (Å²) in [6.07, 6.45) is 2.73. The highest BCUT2D eigenvalue weighted by molar-refractivity contribution is 7.14. The molecule has 1 aliphatic rings. The molecule has 1 aromatic carbocycles. The molecule has 0 spiro atoms. The summed E-state index contributed by atoms with van der Waals surface area (Å²) < 4.78 is 0. The van der Waals surface area contributed by atoms with E-state index in [1.807, 2.05) is 18.2 Å². The number of para-hydroxylation sites is 1. The summed E-state index contributed by atoms with van der Waals surface area (Å²) in [6, 6.07) is 10.7. The SMILES string of the molecule is O=C(Nc1ccccc1)c1ccsc1NC(=O)[C@@H]1CCCC[C@H]1C(=O)O. The molecule has 2 aromatic rings. The average Bonchev–Trinajstić information content (AvgIpc) is 3.10. The van der Waals surface area contributed by atoms with Crippen molar-refractivity contribution in [1.82, 2.24) is 0 Å². The molecule has 26 heavy (non-hydrogen) atoms. The van der Waals surface area contributed by atoms with Gasteiger partial charge in [0.15, 0.2) is 0 Å². The molecule has 1 aliphatic carbocycles. The Morgan fingerprint density at radius 3 is 2.35 bits per heavy atom. The second-order valence-electron chi connectivity index (χ2n) is 6.31. The minimum atomic E-state index is -0.932. The van der Waals surface area contributed by atoms with Crippen molar-refractivity contribution in [3.8, 4) is 0 Å². The molecule has 1 saturated carbocycles. The van der Waals surface area contributed by atoms with Crippen LogP contribution in [0.1, 0.15) is 36.0 Å². The van der Waals surface area contributed by atoms with Crippen LogP contribution in [-0.2, 0) is 9.59 Å². The van der Waals surface area contributed by atoms with E-state index in [1.165, 1.54) is 11.3 Å². The van der Waals surface area contributed by atoms with Crippen LogP contribution in [0.3, 0.4) is 0 Å². The zero-order chi connectivity index (χ0) is 18.5. The van der Waals surface area contributed by atoms with Crippen molar-refractivity contribution >= 4 is 39.8 Å². The van der Waals surface area contributed by atoms with Crippen LogP contribution in [0.4, 0.5) is 10.7 Å². The molecule has 3 rings (SSSR count). The maximum absolute atomic E-state index is 12.6. The maximum Gasteiger partial charge on any atom is 0.307 e. The smallest absolute Gasteiger partial charge is 0.307 e. The summed E-state index contributed by atoms with van der Waals surface area (Å²) in [5.41, 5.74) is 1.04. The van der Waals surface area contributed by atoms with E-state index in [4.69, 9.17) is 0 Å². The van der Waals surface area contributed by atoms with Crippen molar-refractivity contribution < 1.29 is 19.5 Å². The molecule has 0 aliphatic heterocycles. The molecule has 1 aromatic heterocycles. The second-order valence-corrected chi connectivity index (χ2v) is 7.22. The molecule has 0 bridgehead atoms. The van der Waals surface area contributed by atoms with E-state index in [0.29, 0.717) is 29.1 Å². The summed E-state index contributed by atoms with van der Waals surface area (Å²) in [5, 5.41) is 17.1. The van der Waals surface area contributed by atoms with E-state index in [1.54, 1.807) is 23.6 Å². The van der Waals surface area contributed by atoms with Gasteiger partial charge in [-0.25, -0.2) is 0 Å². The normalized spacial score (nSPS) is 19.5. The minimum absolute atomic E-state index is 0.314. The Kier molecular flexibility index (Phi) is 5.68. The molecule has 1 fully saturated rings. The number of amides is 2. The zero-order valence-electron chi connectivity index (χ0n) is 14.1. The molecular formula is C19H20N2O4S. The van der Waals surface area contributed by atoms with Gasteiger partial charge in [-0.3, -0.25) is 14.4 Å². The predicted molar refractivity (Wildman–Crippen MR) is 100 cm³/mol. The van der Waals surface area contributed by atoms with Gasteiger partial charge in [-0.1, -0.05) is 31.0 Å². The summed E-state index contributed by atoms with van der Waals surface area (Å²) in [4.78, 5) is 36.5. The Hall–Kier alpha value is -2.67. The Labute approximate surface area is 155 Å². The minimum Gasteiger partial charge on any atom is -0.481 e. The monoisotopic (exact) mass is 372 g/mol. The van der Waals surface area contributed by atoms with Crippen molar-refractivity contribution in [2.45, 2.75) is 25.7 Å². The van der Waals surface area contributed by atoms with Gasteiger partial charge in [0.25, 0.3) is 5.91 Å². The van der Waals surface area contributed by atoms with Crippen LogP contribution in [0.5, 0.6) is 0 Å². The number of carboxylic acids is 1. The van der Waals surface area contributed by atoms with Crippen LogP contribution in [0.2, 0.25) is 0 Å². The van der Waals surface area contributed by atoms with Crippen LogP contribution in [-0.4, -0.2) is 22.9 Å². The van der Waals surface area contributed by atoms with Gasteiger partial charge >= 0.3 is 5.97 Å². The molecule has 136 valence electrons. The van der Waals surface area contributed by atoms with E-state index < -0.39 is 17.8 Å². The van der Waals surface area contributed by atoms with E-state index in [2.05, 4.69) is 10.6 Å². The van der Waals surface area contributed by atoms with Crippen molar-refractivity contribution in [2.75, 3.05) is 10.6 Å². The third-order valence-corrected chi connectivity index (χ3v) is 5.43.